The van der Waals surface area contributed by atoms with Crippen LogP contribution in [0.25, 0.3) is 0 Å². The summed E-state index contributed by atoms with van der Waals surface area (Å²) in [6.45, 7) is 6.57. The average Bonchev–Trinajstić information content (AvgIpc) is 2.73. The minimum atomic E-state index is -3.65. The normalized spacial score (nSPS) is 13.0. The van der Waals surface area contributed by atoms with Crippen LogP contribution in [0.2, 0.25) is 0 Å². The summed E-state index contributed by atoms with van der Waals surface area (Å²) in [5.41, 5.74) is 2.25. The van der Waals surface area contributed by atoms with Crippen molar-refractivity contribution >= 4 is 31.9 Å². The first-order valence-electron chi connectivity index (χ1n) is 10.9. The summed E-state index contributed by atoms with van der Waals surface area (Å²) in [6.07, 6.45) is 4.52. The van der Waals surface area contributed by atoms with Crippen molar-refractivity contribution in [2.45, 2.75) is 70.2 Å². The standard InChI is InChI=1S/C25H34BrNO4S/c1-25(2,3)18-6-8-23(27-32(29,30)22-16-14-21(26)15-17-22)20-12-10-19(11-13-20)7-5-9-24(28)31-4/h10-17,23,27H,5-9,18H2,1-4H3. The molecule has 0 saturated heterocycles. The van der Waals surface area contributed by atoms with Crippen LogP contribution in [0.4, 0.5) is 0 Å². The zero-order chi connectivity index (χ0) is 23.8. The van der Waals surface area contributed by atoms with Crippen LogP contribution in [0.3, 0.4) is 0 Å². The quantitative estimate of drug-likeness (QED) is 0.357. The van der Waals surface area contributed by atoms with E-state index >= 15 is 0 Å². The zero-order valence-electron chi connectivity index (χ0n) is 19.4. The molecule has 0 aliphatic carbocycles. The Labute approximate surface area is 201 Å². The highest BCUT2D eigenvalue weighted by molar-refractivity contribution is 9.10. The number of hydrogen-bond acceptors (Lipinski definition) is 4. The number of ether oxygens (including phenoxy) is 1. The van der Waals surface area contributed by atoms with E-state index in [2.05, 4.69) is 46.2 Å². The van der Waals surface area contributed by atoms with Gasteiger partial charge in [0.25, 0.3) is 0 Å². The summed E-state index contributed by atoms with van der Waals surface area (Å²) in [7, 11) is -2.25. The molecule has 0 aliphatic heterocycles. The Bertz CT molecular complexity index is 964. The number of carbonyl (C=O) groups excluding carboxylic acids is 1. The van der Waals surface area contributed by atoms with Gasteiger partial charge in [-0.1, -0.05) is 67.4 Å². The molecule has 2 aromatic carbocycles. The minimum absolute atomic E-state index is 0.193. The van der Waals surface area contributed by atoms with Crippen LogP contribution in [0, 0.1) is 5.41 Å². The highest BCUT2D eigenvalue weighted by Gasteiger charge is 2.22. The Morgan fingerprint density at radius 1 is 1.03 bits per heavy atom. The predicted molar refractivity (Wildman–Crippen MR) is 132 cm³/mol. The summed E-state index contributed by atoms with van der Waals surface area (Å²) >= 11 is 3.35. The number of aryl methyl sites for hydroxylation is 1. The molecular formula is C25H34BrNO4S. The van der Waals surface area contributed by atoms with E-state index in [0.29, 0.717) is 12.8 Å². The number of carbonyl (C=O) groups is 1. The van der Waals surface area contributed by atoms with Crippen LogP contribution in [0.1, 0.15) is 70.0 Å². The van der Waals surface area contributed by atoms with E-state index in [9.17, 15) is 13.2 Å². The Morgan fingerprint density at radius 3 is 2.22 bits per heavy atom. The number of esters is 1. The number of hydrogen-bond donors (Lipinski definition) is 1. The molecule has 0 heterocycles. The average molecular weight is 525 g/mol. The second kappa shape index (κ2) is 12.0. The van der Waals surface area contributed by atoms with E-state index < -0.39 is 10.0 Å². The van der Waals surface area contributed by atoms with Crippen molar-refractivity contribution in [3.05, 3.63) is 64.1 Å². The van der Waals surface area contributed by atoms with Gasteiger partial charge in [-0.05, 0) is 66.5 Å². The lowest BCUT2D eigenvalue weighted by Gasteiger charge is -2.23. The molecule has 176 valence electrons. The van der Waals surface area contributed by atoms with Crippen molar-refractivity contribution in [2.75, 3.05) is 7.11 Å². The summed E-state index contributed by atoms with van der Waals surface area (Å²) in [5, 5.41) is 0. The molecule has 1 unspecified atom stereocenters. The van der Waals surface area contributed by atoms with E-state index in [-0.39, 0.29) is 22.3 Å². The van der Waals surface area contributed by atoms with Gasteiger partial charge >= 0.3 is 5.97 Å². The van der Waals surface area contributed by atoms with Crippen molar-refractivity contribution in [1.82, 2.24) is 4.72 Å². The van der Waals surface area contributed by atoms with E-state index in [1.165, 1.54) is 7.11 Å². The molecule has 2 aromatic rings. The Kier molecular flexibility index (Phi) is 9.92. The lowest BCUT2D eigenvalue weighted by atomic mass is 9.88. The van der Waals surface area contributed by atoms with E-state index in [1.54, 1.807) is 24.3 Å². The molecule has 5 nitrogen and oxygen atoms in total. The molecule has 0 aromatic heterocycles. The number of nitrogens with one attached hydrogen (secondary N) is 1. The third-order valence-corrected chi connectivity index (χ3v) is 7.31. The summed E-state index contributed by atoms with van der Waals surface area (Å²) in [5.74, 6) is -0.206. The number of rotatable bonds is 11. The molecule has 1 atom stereocenters. The second-order valence-corrected chi connectivity index (χ2v) is 11.9. The van der Waals surface area contributed by atoms with Crippen LogP contribution in [0.5, 0.6) is 0 Å². The van der Waals surface area contributed by atoms with E-state index in [1.807, 2.05) is 24.3 Å². The van der Waals surface area contributed by atoms with E-state index in [0.717, 1.165) is 41.3 Å². The van der Waals surface area contributed by atoms with Gasteiger partial charge in [-0.25, -0.2) is 13.1 Å². The molecule has 2 rings (SSSR count). The fourth-order valence-corrected chi connectivity index (χ4v) is 4.98. The molecule has 0 radical (unpaired) electrons. The molecule has 0 aliphatic rings. The third-order valence-electron chi connectivity index (χ3n) is 5.30. The largest absolute Gasteiger partial charge is 0.469 e. The molecule has 1 N–H and O–H groups in total. The lowest BCUT2D eigenvalue weighted by molar-refractivity contribution is -0.140. The fourth-order valence-electron chi connectivity index (χ4n) is 3.45. The molecule has 0 spiro atoms. The van der Waals surface area contributed by atoms with Gasteiger partial charge in [-0.2, -0.15) is 0 Å². The van der Waals surface area contributed by atoms with Crippen molar-refractivity contribution < 1.29 is 17.9 Å². The van der Waals surface area contributed by atoms with Gasteiger partial charge in [0.1, 0.15) is 0 Å². The first-order chi connectivity index (χ1) is 15.0. The monoisotopic (exact) mass is 523 g/mol. The smallest absolute Gasteiger partial charge is 0.305 e. The Morgan fingerprint density at radius 2 is 1.66 bits per heavy atom. The lowest BCUT2D eigenvalue weighted by Crippen LogP contribution is -2.29. The van der Waals surface area contributed by atoms with Crippen LogP contribution < -0.4 is 4.72 Å². The highest BCUT2D eigenvalue weighted by Crippen LogP contribution is 2.28. The van der Waals surface area contributed by atoms with Gasteiger partial charge < -0.3 is 4.74 Å². The number of benzene rings is 2. The summed E-state index contributed by atoms with van der Waals surface area (Å²) in [6, 6.07) is 14.3. The molecule has 32 heavy (non-hydrogen) atoms. The van der Waals surface area contributed by atoms with Crippen molar-refractivity contribution in [3.8, 4) is 0 Å². The number of halogens is 1. The molecule has 0 amide bonds. The first kappa shape index (κ1) is 26.6. The van der Waals surface area contributed by atoms with Gasteiger partial charge in [-0.3, -0.25) is 4.79 Å². The van der Waals surface area contributed by atoms with Gasteiger partial charge in [0.15, 0.2) is 0 Å². The fraction of sp³-hybridized carbons (Fsp3) is 0.480. The maximum Gasteiger partial charge on any atom is 0.305 e. The van der Waals surface area contributed by atoms with Crippen LogP contribution in [-0.2, 0) is 26.0 Å². The van der Waals surface area contributed by atoms with Gasteiger partial charge in [0.2, 0.25) is 10.0 Å². The van der Waals surface area contributed by atoms with Crippen molar-refractivity contribution in [3.63, 3.8) is 0 Å². The Hall–Kier alpha value is -1.70. The van der Waals surface area contributed by atoms with E-state index in [4.69, 9.17) is 0 Å². The molecule has 0 bridgehead atoms. The highest BCUT2D eigenvalue weighted by atomic mass is 79.9. The first-order valence-corrected chi connectivity index (χ1v) is 13.2. The zero-order valence-corrected chi connectivity index (χ0v) is 21.8. The third kappa shape index (κ3) is 9.04. The number of methoxy groups -OCH3 is 1. The van der Waals surface area contributed by atoms with Crippen LogP contribution >= 0.6 is 15.9 Å². The van der Waals surface area contributed by atoms with Crippen molar-refractivity contribution in [2.24, 2.45) is 5.41 Å². The molecule has 0 saturated carbocycles. The molecule has 0 fully saturated rings. The van der Waals surface area contributed by atoms with Crippen molar-refractivity contribution in [1.29, 1.82) is 0 Å². The minimum Gasteiger partial charge on any atom is -0.469 e. The van der Waals surface area contributed by atoms with Gasteiger partial charge in [-0.15, -0.1) is 0 Å². The maximum atomic E-state index is 13.0. The van der Waals surface area contributed by atoms with Gasteiger partial charge in [0, 0.05) is 16.9 Å². The maximum absolute atomic E-state index is 13.0. The topological polar surface area (TPSA) is 72.5 Å². The predicted octanol–water partition coefficient (Wildman–Crippen LogP) is 6.18. The molecular weight excluding hydrogens is 490 g/mol. The van der Waals surface area contributed by atoms with Gasteiger partial charge in [0.05, 0.1) is 12.0 Å². The summed E-state index contributed by atoms with van der Waals surface area (Å²) < 4.78 is 34.5. The second-order valence-electron chi connectivity index (χ2n) is 9.25. The Balaban J connectivity index is 2.15. The molecule has 7 heteroatoms. The number of sulfonamides is 1. The summed E-state index contributed by atoms with van der Waals surface area (Å²) in [4.78, 5) is 11.5. The van der Waals surface area contributed by atoms with Crippen LogP contribution in [-0.4, -0.2) is 21.5 Å². The SMILES string of the molecule is COC(=O)CCCc1ccc(C(CCCC(C)(C)C)NS(=O)(=O)c2ccc(Br)cc2)cc1. The van der Waals surface area contributed by atoms with Crippen LogP contribution in [0.15, 0.2) is 57.9 Å².